The first-order chi connectivity index (χ1) is 10.3. The zero-order valence-corrected chi connectivity index (χ0v) is 12.5. The molecule has 1 aromatic rings. The minimum atomic E-state index is 0.0254. The number of carbonyl (C=O) groups excluding carboxylic acids is 1. The molecule has 1 aliphatic heterocycles. The Morgan fingerprint density at radius 1 is 1.14 bits per heavy atom. The lowest BCUT2D eigenvalue weighted by Crippen LogP contribution is -2.33. The Morgan fingerprint density at radius 2 is 1.95 bits per heavy atom. The lowest BCUT2D eigenvalue weighted by atomic mass is 10.1. The van der Waals surface area contributed by atoms with Crippen LogP contribution in [0.1, 0.15) is 43.2 Å². The zero-order chi connectivity index (χ0) is 14.5. The Hall–Kier alpha value is -1.68. The number of amides is 1. The second kappa shape index (κ2) is 6.85. The predicted octanol–water partition coefficient (Wildman–Crippen LogP) is 2.33. The fourth-order valence-electron chi connectivity index (χ4n) is 3.15. The molecule has 0 spiro atoms. The van der Waals surface area contributed by atoms with Gasteiger partial charge in [-0.2, -0.15) is 5.10 Å². The van der Waals surface area contributed by atoms with Crippen LogP contribution < -0.4 is 5.43 Å². The summed E-state index contributed by atoms with van der Waals surface area (Å²) in [7, 11) is 0. The van der Waals surface area contributed by atoms with Crippen molar-refractivity contribution < 1.29 is 4.79 Å². The monoisotopic (exact) mass is 285 g/mol. The summed E-state index contributed by atoms with van der Waals surface area (Å²) in [5.74, 6) is 0.0254. The van der Waals surface area contributed by atoms with Crippen molar-refractivity contribution in [2.45, 2.75) is 38.5 Å². The van der Waals surface area contributed by atoms with Crippen molar-refractivity contribution >= 4 is 11.6 Å². The summed E-state index contributed by atoms with van der Waals surface area (Å²) in [6, 6.07) is 8.30. The first-order valence-electron chi connectivity index (χ1n) is 7.99. The van der Waals surface area contributed by atoms with Gasteiger partial charge in [0.05, 0.1) is 5.71 Å². The largest absolute Gasteiger partial charge is 0.303 e. The highest BCUT2D eigenvalue weighted by Crippen LogP contribution is 2.21. The number of hydrogen-bond acceptors (Lipinski definition) is 3. The summed E-state index contributed by atoms with van der Waals surface area (Å²) in [4.78, 5) is 14.3. The summed E-state index contributed by atoms with van der Waals surface area (Å²) in [6.07, 6.45) is 6.35. The molecule has 1 aliphatic carbocycles. The van der Waals surface area contributed by atoms with Gasteiger partial charge in [0.25, 0.3) is 0 Å². The summed E-state index contributed by atoms with van der Waals surface area (Å²) in [5, 5.41) is 4.33. The Labute approximate surface area is 126 Å². The number of piperidine rings is 1. The molecule has 1 aromatic carbocycles. The second-order valence-electron chi connectivity index (χ2n) is 5.90. The van der Waals surface area contributed by atoms with E-state index in [1.165, 1.54) is 30.4 Å². The number of likely N-dealkylation sites (tertiary alicyclic amines) is 1. The Balaban J connectivity index is 1.48. The van der Waals surface area contributed by atoms with Gasteiger partial charge in [0.2, 0.25) is 5.91 Å². The van der Waals surface area contributed by atoms with Gasteiger partial charge in [-0.25, -0.2) is 5.43 Å². The van der Waals surface area contributed by atoms with Crippen molar-refractivity contribution in [3.63, 3.8) is 0 Å². The first kappa shape index (κ1) is 14.3. The normalized spacial score (nSPS) is 20.5. The van der Waals surface area contributed by atoms with Gasteiger partial charge in [-0.15, -0.1) is 0 Å². The molecule has 3 rings (SSSR count). The molecule has 4 heteroatoms. The van der Waals surface area contributed by atoms with Gasteiger partial charge in [0.15, 0.2) is 0 Å². The minimum Gasteiger partial charge on any atom is -0.303 e. The van der Waals surface area contributed by atoms with Crippen LogP contribution in [0.5, 0.6) is 0 Å². The third kappa shape index (κ3) is 3.70. The van der Waals surface area contributed by atoms with E-state index in [0.717, 1.165) is 38.2 Å². The molecule has 0 atom stereocenters. The molecule has 112 valence electrons. The minimum absolute atomic E-state index is 0.0254. The smallest absolute Gasteiger partial charge is 0.241 e. The van der Waals surface area contributed by atoms with Crippen molar-refractivity contribution in [3.05, 3.63) is 35.4 Å². The molecule has 1 N–H and O–H groups in total. The Bertz CT molecular complexity index is 533. The fourth-order valence-corrected chi connectivity index (χ4v) is 3.15. The maximum absolute atomic E-state index is 11.9. The molecule has 0 radical (unpaired) electrons. The zero-order valence-electron chi connectivity index (χ0n) is 12.5. The number of benzene rings is 1. The van der Waals surface area contributed by atoms with Crippen LogP contribution in [0.2, 0.25) is 0 Å². The molecule has 1 fully saturated rings. The van der Waals surface area contributed by atoms with E-state index < -0.39 is 0 Å². The number of rotatable bonds is 4. The quantitative estimate of drug-likeness (QED) is 0.863. The molecule has 1 heterocycles. The molecular formula is C17H23N3O. The van der Waals surface area contributed by atoms with Crippen molar-refractivity contribution in [2.24, 2.45) is 5.10 Å². The Kier molecular flexibility index (Phi) is 4.65. The number of carbonyl (C=O) groups is 1. The van der Waals surface area contributed by atoms with Gasteiger partial charge in [0, 0.05) is 18.5 Å². The van der Waals surface area contributed by atoms with Crippen molar-refractivity contribution in [3.8, 4) is 0 Å². The molecule has 2 aliphatic rings. The van der Waals surface area contributed by atoms with Gasteiger partial charge < -0.3 is 4.90 Å². The van der Waals surface area contributed by atoms with Gasteiger partial charge in [-0.05, 0) is 44.3 Å². The lowest BCUT2D eigenvalue weighted by Gasteiger charge is -2.25. The van der Waals surface area contributed by atoms with E-state index in [1.54, 1.807) is 0 Å². The lowest BCUT2D eigenvalue weighted by molar-refractivity contribution is -0.121. The van der Waals surface area contributed by atoms with Crippen molar-refractivity contribution in [1.82, 2.24) is 10.3 Å². The number of hydrazone groups is 1. The van der Waals surface area contributed by atoms with E-state index in [9.17, 15) is 4.79 Å². The highest BCUT2D eigenvalue weighted by atomic mass is 16.2. The van der Waals surface area contributed by atoms with Crippen LogP contribution in [0.3, 0.4) is 0 Å². The van der Waals surface area contributed by atoms with Gasteiger partial charge in [-0.3, -0.25) is 4.79 Å². The van der Waals surface area contributed by atoms with E-state index >= 15 is 0 Å². The highest BCUT2D eigenvalue weighted by Gasteiger charge is 2.17. The third-order valence-electron chi connectivity index (χ3n) is 4.38. The summed E-state index contributed by atoms with van der Waals surface area (Å²) in [6.45, 7) is 3.12. The van der Waals surface area contributed by atoms with Crippen LogP contribution in [0.4, 0.5) is 0 Å². The maximum Gasteiger partial charge on any atom is 0.241 e. The third-order valence-corrected chi connectivity index (χ3v) is 4.38. The molecule has 0 bridgehead atoms. The van der Waals surface area contributed by atoms with Crippen LogP contribution in [-0.4, -0.2) is 36.2 Å². The standard InChI is InChI=1S/C17H23N3O/c21-17(10-13-20-11-4-1-5-12-20)19-18-16-9-8-14-6-2-3-7-15(14)16/h2-3,6-7H,1,4-5,8-13H2,(H,19,21)/b18-16+. The van der Waals surface area contributed by atoms with E-state index in [1.807, 2.05) is 6.07 Å². The fraction of sp³-hybridized carbons (Fsp3) is 0.529. The first-order valence-corrected chi connectivity index (χ1v) is 7.99. The Morgan fingerprint density at radius 3 is 2.81 bits per heavy atom. The molecule has 4 nitrogen and oxygen atoms in total. The molecule has 21 heavy (non-hydrogen) atoms. The molecule has 1 amide bonds. The van der Waals surface area contributed by atoms with Gasteiger partial charge in [-0.1, -0.05) is 30.7 Å². The van der Waals surface area contributed by atoms with Gasteiger partial charge in [0.1, 0.15) is 0 Å². The number of nitrogens with one attached hydrogen (secondary N) is 1. The van der Waals surface area contributed by atoms with Crippen LogP contribution in [0.15, 0.2) is 29.4 Å². The van der Waals surface area contributed by atoms with Gasteiger partial charge >= 0.3 is 0 Å². The highest BCUT2D eigenvalue weighted by molar-refractivity contribution is 6.04. The number of fused-ring (bicyclic) bond motifs is 1. The maximum atomic E-state index is 11.9. The SMILES string of the molecule is O=C(CCN1CCCCC1)N/N=C1\CCc2ccccc21. The molecule has 1 saturated heterocycles. The molecule has 0 unspecified atom stereocenters. The average molecular weight is 285 g/mol. The summed E-state index contributed by atoms with van der Waals surface area (Å²) < 4.78 is 0. The van der Waals surface area contributed by atoms with E-state index in [4.69, 9.17) is 0 Å². The van der Waals surface area contributed by atoms with Crippen LogP contribution in [-0.2, 0) is 11.2 Å². The summed E-state index contributed by atoms with van der Waals surface area (Å²) in [5.41, 5.74) is 6.26. The van der Waals surface area contributed by atoms with Crippen LogP contribution in [0.25, 0.3) is 0 Å². The van der Waals surface area contributed by atoms with Crippen molar-refractivity contribution in [2.75, 3.05) is 19.6 Å². The summed E-state index contributed by atoms with van der Waals surface area (Å²) >= 11 is 0. The average Bonchev–Trinajstić information content (AvgIpc) is 2.95. The van der Waals surface area contributed by atoms with E-state index in [-0.39, 0.29) is 5.91 Å². The number of nitrogens with zero attached hydrogens (tertiary/aromatic N) is 2. The van der Waals surface area contributed by atoms with Crippen molar-refractivity contribution in [1.29, 1.82) is 0 Å². The molecular weight excluding hydrogens is 262 g/mol. The molecule has 0 saturated carbocycles. The topological polar surface area (TPSA) is 44.7 Å². The number of aryl methyl sites for hydroxylation is 1. The van der Waals surface area contributed by atoms with E-state index in [2.05, 4.69) is 33.6 Å². The van der Waals surface area contributed by atoms with Crippen LogP contribution >= 0.6 is 0 Å². The second-order valence-corrected chi connectivity index (χ2v) is 5.90. The van der Waals surface area contributed by atoms with Crippen LogP contribution in [0, 0.1) is 0 Å². The van der Waals surface area contributed by atoms with E-state index in [0.29, 0.717) is 6.42 Å². The predicted molar refractivity (Wildman–Crippen MR) is 84.4 cm³/mol. The molecule has 0 aromatic heterocycles. The number of hydrogen-bond donors (Lipinski definition) is 1.